The van der Waals surface area contributed by atoms with Crippen molar-refractivity contribution in [3.05, 3.63) is 69.3 Å². The number of fused-ring (bicyclic) bond motifs is 2. The number of rotatable bonds is 4. The summed E-state index contributed by atoms with van der Waals surface area (Å²) < 4.78 is 13.8. The number of ether oxygens (including phenoxy) is 1. The van der Waals surface area contributed by atoms with Crippen molar-refractivity contribution in [1.29, 1.82) is 0 Å². The Kier molecular flexibility index (Phi) is 3.84. The van der Waals surface area contributed by atoms with Crippen molar-refractivity contribution in [3.63, 3.8) is 0 Å². The molecule has 4 rings (SSSR count). The predicted molar refractivity (Wildman–Crippen MR) is 96.8 cm³/mol. The van der Waals surface area contributed by atoms with Crippen LogP contribution in [-0.4, -0.2) is 20.7 Å². The summed E-state index contributed by atoms with van der Waals surface area (Å²) >= 11 is 0. The molecule has 3 heterocycles. The molecule has 1 aromatic heterocycles. The smallest absolute Gasteiger partial charge is 0.352 e. The molecule has 0 atom stereocenters. The van der Waals surface area contributed by atoms with Gasteiger partial charge < -0.3 is 13.7 Å². The first kappa shape index (κ1) is 16.1. The number of pyridine rings is 1. The second-order valence-electron chi connectivity index (χ2n) is 5.96. The second kappa shape index (κ2) is 6.18. The Morgan fingerprint density at radius 2 is 2.04 bits per heavy atom. The minimum Gasteiger partial charge on any atom is -0.494 e. The summed E-state index contributed by atoms with van der Waals surface area (Å²) in [5.74, 6) is 1.76. The number of hydrogen-bond acceptors (Lipinski definition) is 5. The maximum atomic E-state index is 12.6. The summed E-state index contributed by atoms with van der Waals surface area (Å²) in [4.78, 5) is 28.8. The minimum atomic E-state index is -0.582. The normalized spacial score (nSPS) is 11.3. The van der Waals surface area contributed by atoms with Gasteiger partial charge in [-0.2, -0.15) is 4.98 Å². The highest BCUT2D eigenvalue weighted by atomic mass is 16.5. The number of aromatic nitrogens is 3. The lowest BCUT2D eigenvalue weighted by molar-refractivity contribution is 0.340. The van der Waals surface area contributed by atoms with Crippen molar-refractivity contribution >= 4 is 10.9 Å². The molecule has 1 aromatic carbocycles. The first-order valence-electron chi connectivity index (χ1n) is 8.28. The molecule has 2 aliphatic heterocycles. The maximum Gasteiger partial charge on any atom is 0.352 e. The number of furan rings is 1. The second-order valence-corrected chi connectivity index (χ2v) is 5.96. The molecular weight excluding hydrogens is 334 g/mol. The Balaban J connectivity index is 2.08. The Labute approximate surface area is 148 Å². The molecule has 26 heavy (non-hydrogen) atoms. The van der Waals surface area contributed by atoms with Crippen LogP contribution in [0, 0.1) is 0 Å². The molecule has 132 valence electrons. The third kappa shape index (κ3) is 2.57. The quantitative estimate of drug-likeness (QED) is 0.527. The van der Waals surface area contributed by atoms with E-state index in [2.05, 4.69) is 4.98 Å². The Bertz CT molecular complexity index is 1170. The van der Waals surface area contributed by atoms with Gasteiger partial charge in [0.2, 0.25) is 0 Å². The summed E-state index contributed by atoms with van der Waals surface area (Å²) in [6, 6.07) is 11.0. The van der Waals surface area contributed by atoms with Crippen LogP contribution in [0.4, 0.5) is 0 Å². The fourth-order valence-electron chi connectivity index (χ4n) is 3.06. The molecular formula is C19H17N3O4. The third-order valence-electron chi connectivity index (χ3n) is 4.31. The molecule has 0 amide bonds. The van der Waals surface area contributed by atoms with Crippen LogP contribution >= 0.6 is 0 Å². The zero-order chi connectivity index (χ0) is 18.3. The van der Waals surface area contributed by atoms with Gasteiger partial charge in [-0.15, -0.1) is 0 Å². The van der Waals surface area contributed by atoms with Gasteiger partial charge in [-0.25, -0.2) is 4.79 Å². The largest absolute Gasteiger partial charge is 0.494 e. The van der Waals surface area contributed by atoms with E-state index in [1.807, 2.05) is 35.8 Å². The van der Waals surface area contributed by atoms with Crippen LogP contribution in [0.25, 0.3) is 22.3 Å². The van der Waals surface area contributed by atoms with Crippen LogP contribution in [0.3, 0.4) is 0 Å². The Morgan fingerprint density at radius 3 is 2.77 bits per heavy atom. The van der Waals surface area contributed by atoms with Crippen LogP contribution < -0.4 is 16.0 Å². The molecule has 0 spiro atoms. The summed E-state index contributed by atoms with van der Waals surface area (Å²) in [5.41, 5.74) is 0.246. The zero-order valence-corrected chi connectivity index (χ0v) is 14.4. The van der Waals surface area contributed by atoms with E-state index in [0.29, 0.717) is 36.0 Å². The number of hydrogen-bond donors (Lipinski definition) is 0. The fourth-order valence-corrected chi connectivity index (χ4v) is 3.06. The molecule has 0 saturated heterocycles. The lowest BCUT2D eigenvalue weighted by Crippen LogP contribution is -2.36. The fraction of sp³-hybridized carbons (Fsp3) is 0.211. The summed E-state index contributed by atoms with van der Waals surface area (Å²) in [6.07, 6.45) is 1.59. The molecule has 2 aliphatic rings. The summed E-state index contributed by atoms with van der Waals surface area (Å²) in [7, 11) is 1.43. The van der Waals surface area contributed by atoms with Gasteiger partial charge in [0.05, 0.1) is 30.5 Å². The standard InChI is InChI=1S/C19H17N3O4/c1-3-25-13-6-7-16-12(9-13)10-15-17(20-19(24)21(2)18(15)23)22(16)11-14-5-4-8-26-14/h4-10H,3,11H2,1-2H3. The molecule has 0 unspecified atom stereocenters. The van der Waals surface area contributed by atoms with Crippen LogP contribution in [0.2, 0.25) is 0 Å². The monoisotopic (exact) mass is 351 g/mol. The molecule has 7 nitrogen and oxygen atoms in total. The molecule has 2 aromatic rings. The van der Waals surface area contributed by atoms with Crippen molar-refractivity contribution in [3.8, 4) is 17.1 Å². The van der Waals surface area contributed by atoms with E-state index in [1.54, 1.807) is 18.4 Å². The van der Waals surface area contributed by atoms with Crippen LogP contribution in [-0.2, 0) is 13.6 Å². The van der Waals surface area contributed by atoms with Gasteiger partial charge in [0.25, 0.3) is 5.56 Å². The SMILES string of the molecule is CCOc1ccc2c(c1)cc1c(=O)n(C)c(=O)nc-1n2Cc1ccco1. The lowest BCUT2D eigenvalue weighted by Gasteiger charge is -2.18. The molecule has 0 N–H and O–H groups in total. The zero-order valence-electron chi connectivity index (χ0n) is 14.4. The highest BCUT2D eigenvalue weighted by Crippen LogP contribution is 2.28. The van der Waals surface area contributed by atoms with Gasteiger partial charge in [-0.1, -0.05) is 0 Å². The van der Waals surface area contributed by atoms with E-state index in [9.17, 15) is 9.59 Å². The molecule has 0 bridgehead atoms. The maximum absolute atomic E-state index is 12.6. The van der Waals surface area contributed by atoms with Crippen LogP contribution in [0.15, 0.2) is 56.7 Å². The van der Waals surface area contributed by atoms with E-state index in [0.717, 1.165) is 15.5 Å². The summed E-state index contributed by atoms with van der Waals surface area (Å²) in [5, 5.41) is 0.826. The molecule has 0 saturated carbocycles. The van der Waals surface area contributed by atoms with E-state index < -0.39 is 5.69 Å². The number of nitrogens with zero attached hydrogens (tertiary/aromatic N) is 3. The van der Waals surface area contributed by atoms with Crippen molar-refractivity contribution in [1.82, 2.24) is 14.1 Å². The molecule has 7 heteroatoms. The van der Waals surface area contributed by atoms with E-state index in [4.69, 9.17) is 9.15 Å². The lowest BCUT2D eigenvalue weighted by atomic mass is 10.1. The predicted octanol–water partition coefficient (Wildman–Crippen LogP) is 2.24. The Hall–Kier alpha value is -3.35. The van der Waals surface area contributed by atoms with Gasteiger partial charge in [0.1, 0.15) is 11.5 Å². The average molecular weight is 351 g/mol. The molecule has 0 aliphatic carbocycles. The van der Waals surface area contributed by atoms with Crippen molar-refractivity contribution < 1.29 is 9.15 Å². The third-order valence-corrected chi connectivity index (χ3v) is 4.31. The van der Waals surface area contributed by atoms with Crippen molar-refractivity contribution in [2.75, 3.05) is 6.61 Å². The van der Waals surface area contributed by atoms with Gasteiger partial charge in [-0.05, 0) is 43.3 Å². The first-order valence-corrected chi connectivity index (χ1v) is 8.28. The number of benzene rings is 1. The van der Waals surface area contributed by atoms with E-state index in [-0.39, 0.29) is 5.56 Å². The summed E-state index contributed by atoms with van der Waals surface area (Å²) in [6.45, 7) is 2.82. The topological polar surface area (TPSA) is 79.3 Å². The van der Waals surface area contributed by atoms with Crippen LogP contribution in [0.5, 0.6) is 5.75 Å². The van der Waals surface area contributed by atoms with E-state index >= 15 is 0 Å². The van der Waals surface area contributed by atoms with Gasteiger partial charge >= 0.3 is 5.69 Å². The highest BCUT2D eigenvalue weighted by Gasteiger charge is 2.19. The van der Waals surface area contributed by atoms with Gasteiger partial charge in [-0.3, -0.25) is 9.36 Å². The Morgan fingerprint density at radius 1 is 1.19 bits per heavy atom. The molecule has 0 radical (unpaired) electrons. The van der Waals surface area contributed by atoms with Gasteiger partial charge in [0.15, 0.2) is 5.82 Å². The van der Waals surface area contributed by atoms with Gasteiger partial charge in [0, 0.05) is 12.4 Å². The first-order chi connectivity index (χ1) is 12.6. The van der Waals surface area contributed by atoms with Crippen molar-refractivity contribution in [2.45, 2.75) is 13.5 Å². The highest BCUT2D eigenvalue weighted by molar-refractivity contribution is 5.86. The van der Waals surface area contributed by atoms with Crippen LogP contribution in [0.1, 0.15) is 12.7 Å². The van der Waals surface area contributed by atoms with Crippen molar-refractivity contribution in [2.24, 2.45) is 7.05 Å². The average Bonchev–Trinajstić information content (AvgIpc) is 3.14. The minimum absolute atomic E-state index is 0.339. The molecule has 0 fully saturated rings. The van der Waals surface area contributed by atoms with E-state index in [1.165, 1.54) is 7.05 Å².